The highest BCUT2D eigenvalue weighted by Gasteiger charge is 2.06. The van der Waals surface area contributed by atoms with Gasteiger partial charge in [-0.1, -0.05) is 18.7 Å². The van der Waals surface area contributed by atoms with Gasteiger partial charge in [-0.05, 0) is 43.0 Å². The van der Waals surface area contributed by atoms with E-state index >= 15 is 0 Å². The van der Waals surface area contributed by atoms with Gasteiger partial charge < -0.3 is 31.2 Å². The van der Waals surface area contributed by atoms with Crippen molar-refractivity contribution in [2.75, 3.05) is 30.4 Å². The summed E-state index contributed by atoms with van der Waals surface area (Å²) >= 11 is 0. The molecule has 8 heteroatoms. The summed E-state index contributed by atoms with van der Waals surface area (Å²) in [6.45, 7) is 4.84. The maximum atomic E-state index is 12.0. The van der Waals surface area contributed by atoms with Gasteiger partial charge >= 0.3 is 0 Å². The standard InChI is InChI=1S/C22H25N5O3/c1-16-25-17-5-2-8-20(13-17)30-15-22(28)24-11-4-12-29-19-7-3-6-18(14-19)27-21(26-16)9-10-23/h2-3,5-10,13-14,25H,1,4,11-12,15,23H2,(H,24,28)(H,26,27)/b10-9-. The Labute approximate surface area is 175 Å². The first-order valence-electron chi connectivity index (χ1n) is 9.55. The van der Waals surface area contributed by atoms with Crippen LogP contribution in [0.3, 0.4) is 0 Å². The molecule has 0 aromatic heterocycles. The quantitative estimate of drug-likeness (QED) is 0.579. The molecule has 0 fully saturated rings. The SMILES string of the molecule is C=C1/N=C(\C=C/N)Nc2cccc(c2)OCCCNC(=O)COc2cccc(c2)N1. The third-order valence-electron chi connectivity index (χ3n) is 4.02. The summed E-state index contributed by atoms with van der Waals surface area (Å²) < 4.78 is 11.3. The zero-order valence-corrected chi connectivity index (χ0v) is 16.6. The van der Waals surface area contributed by atoms with E-state index < -0.39 is 0 Å². The Morgan fingerprint density at radius 2 is 1.73 bits per heavy atom. The van der Waals surface area contributed by atoms with Crippen molar-refractivity contribution in [3.63, 3.8) is 0 Å². The number of anilines is 2. The van der Waals surface area contributed by atoms with E-state index in [4.69, 9.17) is 15.2 Å². The zero-order chi connectivity index (χ0) is 21.2. The molecule has 156 valence electrons. The molecule has 5 N–H and O–H groups in total. The minimum Gasteiger partial charge on any atom is -0.493 e. The van der Waals surface area contributed by atoms with Crippen LogP contribution in [0.1, 0.15) is 6.42 Å². The van der Waals surface area contributed by atoms with Gasteiger partial charge in [-0.2, -0.15) is 0 Å². The molecule has 1 aliphatic rings. The Hall–Kier alpha value is -3.94. The van der Waals surface area contributed by atoms with E-state index in [0.717, 1.165) is 11.4 Å². The Morgan fingerprint density at radius 3 is 2.47 bits per heavy atom. The smallest absolute Gasteiger partial charge is 0.257 e. The molecule has 0 radical (unpaired) electrons. The summed E-state index contributed by atoms with van der Waals surface area (Å²) in [5, 5.41) is 9.11. The number of amidine groups is 1. The fourth-order valence-corrected chi connectivity index (χ4v) is 2.70. The van der Waals surface area contributed by atoms with Gasteiger partial charge in [0.05, 0.1) is 6.61 Å². The van der Waals surface area contributed by atoms with Gasteiger partial charge in [0, 0.05) is 30.1 Å². The van der Waals surface area contributed by atoms with Crippen molar-refractivity contribution in [3.05, 3.63) is 73.2 Å². The molecule has 30 heavy (non-hydrogen) atoms. The van der Waals surface area contributed by atoms with Crippen LogP contribution in [0.2, 0.25) is 0 Å². The summed E-state index contributed by atoms with van der Waals surface area (Å²) in [4.78, 5) is 16.4. The van der Waals surface area contributed by atoms with E-state index in [9.17, 15) is 4.79 Å². The van der Waals surface area contributed by atoms with Crippen molar-refractivity contribution in [1.29, 1.82) is 0 Å². The monoisotopic (exact) mass is 407 g/mol. The van der Waals surface area contributed by atoms with Gasteiger partial charge in [-0.3, -0.25) is 4.79 Å². The zero-order valence-electron chi connectivity index (χ0n) is 16.6. The number of nitrogens with zero attached hydrogens (tertiary/aromatic N) is 1. The van der Waals surface area contributed by atoms with E-state index in [1.807, 2.05) is 36.4 Å². The van der Waals surface area contributed by atoms with Crippen molar-refractivity contribution >= 4 is 23.1 Å². The number of aliphatic imine (C=N–C) groups is 1. The minimum absolute atomic E-state index is 0.0686. The maximum Gasteiger partial charge on any atom is 0.257 e. The molecule has 1 heterocycles. The fraction of sp³-hybridized carbons (Fsp3) is 0.182. The number of ether oxygens (including phenoxy) is 2. The number of carbonyl (C=O) groups excluding carboxylic acids is 1. The van der Waals surface area contributed by atoms with E-state index in [1.54, 1.807) is 18.2 Å². The van der Waals surface area contributed by atoms with Crippen molar-refractivity contribution in [3.8, 4) is 11.5 Å². The van der Waals surface area contributed by atoms with Crippen LogP contribution >= 0.6 is 0 Å². The molecule has 0 saturated heterocycles. The molecule has 2 aromatic carbocycles. The van der Waals surface area contributed by atoms with Crippen molar-refractivity contribution < 1.29 is 14.3 Å². The normalized spacial score (nSPS) is 17.5. The summed E-state index contributed by atoms with van der Waals surface area (Å²) in [6.07, 6.45) is 3.71. The van der Waals surface area contributed by atoms with Gasteiger partial charge in [0.2, 0.25) is 0 Å². The average Bonchev–Trinajstić information content (AvgIpc) is 2.72. The Morgan fingerprint density at radius 1 is 1.03 bits per heavy atom. The van der Waals surface area contributed by atoms with E-state index in [1.165, 1.54) is 6.20 Å². The van der Waals surface area contributed by atoms with Gasteiger partial charge in [0.25, 0.3) is 5.91 Å². The Balaban J connectivity index is 1.84. The number of carbonyl (C=O) groups is 1. The maximum absolute atomic E-state index is 12.0. The molecule has 0 spiro atoms. The first kappa shape index (κ1) is 20.8. The van der Waals surface area contributed by atoms with Crippen LogP contribution in [0.4, 0.5) is 11.4 Å². The molecule has 0 aliphatic carbocycles. The molecule has 8 nitrogen and oxygen atoms in total. The molecular weight excluding hydrogens is 382 g/mol. The van der Waals surface area contributed by atoms with Gasteiger partial charge in [0.1, 0.15) is 23.2 Å². The fourth-order valence-electron chi connectivity index (χ4n) is 2.70. The highest BCUT2D eigenvalue weighted by Crippen LogP contribution is 2.20. The largest absolute Gasteiger partial charge is 0.493 e. The summed E-state index contributed by atoms with van der Waals surface area (Å²) in [5.74, 6) is 1.98. The molecule has 1 aliphatic heterocycles. The van der Waals surface area contributed by atoms with Crippen LogP contribution in [0.15, 0.2) is 78.2 Å². The summed E-state index contributed by atoms with van der Waals surface area (Å²) in [7, 11) is 0. The molecule has 4 bridgehead atoms. The first-order chi connectivity index (χ1) is 14.6. The van der Waals surface area contributed by atoms with Gasteiger partial charge in [-0.15, -0.1) is 0 Å². The second kappa shape index (κ2) is 10.6. The number of rotatable bonds is 1. The minimum atomic E-state index is -0.190. The topological polar surface area (TPSA) is 110 Å². The number of nitrogens with two attached hydrogens (primary N) is 1. The van der Waals surface area contributed by atoms with Crippen LogP contribution < -0.4 is 31.2 Å². The number of nitrogens with one attached hydrogen (secondary N) is 3. The summed E-state index contributed by atoms with van der Waals surface area (Å²) in [5.41, 5.74) is 7.08. The highest BCUT2D eigenvalue weighted by molar-refractivity contribution is 6.04. The van der Waals surface area contributed by atoms with Gasteiger partial charge in [0.15, 0.2) is 6.61 Å². The number of hydrogen-bond donors (Lipinski definition) is 4. The third kappa shape index (κ3) is 6.59. The molecule has 0 unspecified atom stereocenters. The molecule has 0 atom stereocenters. The molecule has 1 amide bonds. The average molecular weight is 407 g/mol. The van der Waals surface area contributed by atoms with Crippen LogP contribution in [-0.2, 0) is 4.79 Å². The number of fused-ring (bicyclic) bond motifs is 4. The van der Waals surface area contributed by atoms with Crippen molar-refractivity contribution in [2.45, 2.75) is 6.42 Å². The molecule has 2 aromatic rings. The molecule has 3 rings (SSSR count). The van der Waals surface area contributed by atoms with Crippen LogP contribution in [0.5, 0.6) is 11.5 Å². The summed E-state index contributed by atoms with van der Waals surface area (Å²) in [6, 6.07) is 14.7. The second-order valence-corrected chi connectivity index (χ2v) is 6.45. The third-order valence-corrected chi connectivity index (χ3v) is 4.02. The first-order valence-corrected chi connectivity index (χ1v) is 9.55. The van der Waals surface area contributed by atoms with Crippen LogP contribution in [0, 0.1) is 0 Å². The van der Waals surface area contributed by atoms with E-state index in [2.05, 4.69) is 27.5 Å². The van der Waals surface area contributed by atoms with Gasteiger partial charge in [-0.25, -0.2) is 4.99 Å². The predicted molar refractivity (Wildman–Crippen MR) is 119 cm³/mol. The lowest BCUT2D eigenvalue weighted by atomic mass is 10.3. The van der Waals surface area contributed by atoms with E-state index in [-0.39, 0.29) is 12.5 Å². The lowest BCUT2D eigenvalue weighted by molar-refractivity contribution is -0.123. The number of benzene rings is 2. The number of hydrogen-bond acceptors (Lipinski definition) is 7. The van der Waals surface area contributed by atoms with Crippen molar-refractivity contribution in [2.24, 2.45) is 10.7 Å². The van der Waals surface area contributed by atoms with Crippen molar-refractivity contribution in [1.82, 2.24) is 5.32 Å². The second-order valence-electron chi connectivity index (χ2n) is 6.45. The highest BCUT2D eigenvalue weighted by atomic mass is 16.5. The lowest BCUT2D eigenvalue weighted by Gasteiger charge is -2.11. The lowest BCUT2D eigenvalue weighted by Crippen LogP contribution is -2.30. The van der Waals surface area contributed by atoms with E-state index in [0.29, 0.717) is 42.7 Å². The number of amides is 1. The van der Waals surface area contributed by atoms with Crippen LogP contribution in [-0.4, -0.2) is 31.5 Å². The molecular formula is C22H25N5O3. The Kier molecular flexibility index (Phi) is 7.32. The predicted octanol–water partition coefficient (Wildman–Crippen LogP) is 2.83. The molecule has 0 saturated carbocycles. The Bertz CT molecular complexity index is 955. The van der Waals surface area contributed by atoms with Crippen LogP contribution in [0.25, 0.3) is 0 Å².